The smallest absolute Gasteiger partial charge is 0.334 e. The summed E-state index contributed by atoms with van der Waals surface area (Å²) < 4.78 is 0. The number of nitrogens with zero attached hydrogens (tertiary/aromatic N) is 2. The van der Waals surface area contributed by atoms with Gasteiger partial charge >= 0.3 is 5.97 Å². The van der Waals surface area contributed by atoms with Gasteiger partial charge in [-0.05, 0) is 34.1 Å². The van der Waals surface area contributed by atoms with Crippen molar-refractivity contribution < 1.29 is 19.6 Å². The largest absolute Gasteiger partial charge is 0.478 e. The summed E-state index contributed by atoms with van der Waals surface area (Å²) in [5.41, 5.74) is 1.40. The molecule has 0 aliphatic carbocycles. The van der Waals surface area contributed by atoms with Crippen LogP contribution in [-0.4, -0.2) is 39.4 Å². The van der Waals surface area contributed by atoms with Crippen LogP contribution in [0.25, 0.3) is 0 Å². The van der Waals surface area contributed by atoms with Gasteiger partial charge in [0.25, 0.3) is 5.69 Å². The molecular formula is C26H37N3O5. The second-order valence-corrected chi connectivity index (χ2v) is 9.10. The van der Waals surface area contributed by atoms with Gasteiger partial charge in [-0.15, -0.1) is 0 Å². The minimum atomic E-state index is -1.18. The third-order valence-corrected chi connectivity index (χ3v) is 6.24. The number of carbonyl (C=O) groups is 2. The lowest BCUT2D eigenvalue weighted by atomic mass is 9.78. The number of carboxylic acid groups (broad SMARTS) is 1. The molecule has 34 heavy (non-hydrogen) atoms. The molecule has 1 atom stereocenters. The van der Waals surface area contributed by atoms with Gasteiger partial charge in [0, 0.05) is 41.2 Å². The molecule has 1 aliphatic heterocycles. The van der Waals surface area contributed by atoms with Gasteiger partial charge in [0.1, 0.15) is 0 Å². The average molecular weight is 472 g/mol. The van der Waals surface area contributed by atoms with E-state index in [-0.39, 0.29) is 28.4 Å². The number of para-hydroxylation sites is 1. The third-order valence-electron chi connectivity index (χ3n) is 6.24. The molecule has 1 aromatic rings. The average Bonchev–Trinajstić information content (AvgIpc) is 2.76. The van der Waals surface area contributed by atoms with E-state index in [9.17, 15) is 24.8 Å². The Labute approximate surface area is 201 Å². The van der Waals surface area contributed by atoms with Crippen molar-refractivity contribution in [3.63, 3.8) is 0 Å². The van der Waals surface area contributed by atoms with Gasteiger partial charge in [-0.2, -0.15) is 0 Å². The lowest BCUT2D eigenvalue weighted by Crippen LogP contribution is -2.40. The van der Waals surface area contributed by atoms with E-state index in [0.717, 1.165) is 19.3 Å². The highest BCUT2D eigenvalue weighted by Crippen LogP contribution is 2.44. The van der Waals surface area contributed by atoms with Crippen LogP contribution >= 0.6 is 0 Å². The molecule has 0 radical (unpaired) electrons. The molecule has 8 nitrogen and oxygen atoms in total. The number of carbonyl (C=O) groups excluding carboxylic acids is 1. The van der Waals surface area contributed by atoms with Crippen molar-refractivity contribution in [2.24, 2.45) is 0 Å². The van der Waals surface area contributed by atoms with Gasteiger partial charge in [-0.1, -0.05) is 57.2 Å². The highest BCUT2D eigenvalue weighted by atomic mass is 16.6. The number of hydrogen-bond donors (Lipinski definition) is 2. The Hall–Kier alpha value is -3.16. The second kappa shape index (κ2) is 12.3. The maximum atomic E-state index is 13.4. The Morgan fingerprint density at radius 2 is 1.65 bits per heavy atom. The first kappa shape index (κ1) is 27.1. The number of aliphatic carboxylic acids is 1. The number of rotatable bonds is 12. The number of benzene rings is 1. The zero-order valence-electron chi connectivity index (χ0n) is 20.9. The van der Waals surface area contributed by atoms with Crippen LogP contribution in [0.1, 0.15) is 84.6 Å². The Kier molecular flexibility index (Phi) is 9.83. The van der Waals surface area contributed by atoms with Gasteiger partial charge in [0.05, 0.1) is 16.4 Å². The van der Waals surface area contributed by atoms with E-state index < -0.39 is 22.7 Å². The molecule has 1 aromatic carbocycles. The van der Waals surface area contributed by atoms with Crippen molar-refractivity contribution in [3.05, 3.63) is 62.5 Å². The summed E-state index contributed by atoms with van der Waals surface area (Å²) in [4.78, 5) is 39.0. The molecule has 0 spiro atoms. The van der Waals surface area contributed by atoms with E-state index in [1.54, 1.807) is 26.0 Å². The topological polar surface area (TPSA) is 113 Å². The monoisotopic (exact) mass is 471 g/mol. The summed E-state index contributed by atoms with van der Waals surface area (Å²) in [6, 6.07) is 5.88. The van der Waals surface area contributed by atoms with Crippen molar-refractivity contribution in [2.75, 3.05) is 6.54 Å². The van der Waals surface area contributed by atoms with Crippen LogP contribution in [0, 0.1) is 10.1 Å². The first-order valence-corrected chi connectivity index (χ1v) is 12.1. The fraction of sp³-hybridized carbons (Fsp3) is 0.538. The summed E-state index contributed by atoms with van der Waals surface area (Å²) in [7, 11) is 0. The standard InChI is InChI=1S/C26H37N3O5/c1-6-7-8-9-10-13-16-28-18(4)22(25(30)27-17(2)3)24(23(19(28)5)26(31)32)20-14-11-12-15-21(20)29(33)34/h11-12,14-15,17,24H,6-10,13,16H2,1-5H3,(H,27,30)(H,31,32). The van der Waals surface area contributed by atoms with Gasteiger partial charge < -0.3 is 15.3 Å². The fourth-order valence-electron chi connectivity index (χ4n) is 4.61. The molecule has 0 aromatic heterocycles. The second-order valence-electron chi connectivity index (χ2n) is 9.10. The number of nitro benzene ring substituents is 1. The highest BCUT2D eigenvalue weighted by molar-refractivity contribution is 6.02. The predicted octanol–water partition coefficient (Wildman–Crippen LogP) is 5.51. The Morgan fingerprint density at radius 1 is 1.06 bits per heavy atom. The van der Waals surface area contributed by atoms with Crippen LogP contribution in [0.5, 0.6) is 0 Å². The molecule has 1 unspecified atom stereocenters. The van der Waals surface area contributed by atoms with Gasteiger partial charge in [-0.25, -0.2) is 4.79 Å². The summed E-state index contributed by atoms with van der Waals surface area (Å²) in [5.74, 6) is -2.63. The molecule has 0 saturated heterocycles. The lowest BCUT2D eigenvalue weighted by molar-refractivity contribution is -0.385. The first-order valence-electron chi connectivity index (χ1n) is 12.1. The summed E-state index contributed by atoms with van der Waals surface area (Å²) in [6.07, 6.45) is 6.52. The van der Waals surface area contributed by atoms with E-state index in [1.165, 1.54) is 31.4 Å². The normalized spacial score (nSPS) is 16.3. The van der Waals surface area contributed by atoms with E-state index in [2.05, 4.69) is 12.2 Å². The van der Waals surface area contributed by atoms with Crippen LogP contribution in [-0.2, 0) is 9.59 Å². The summed E-state index contributed by atoms with van der Waals surface area (Å²) >= 11 is 0. The van der Waals surface area contributed by atoms with Gasteiger partial charge in [0.2, 0.25) is 5.91 Å². The van der Waals surface area contributed by atoms with Crippen molar-refractivity contribution in [3.8, 4) is 0 Å². The predicted molar refractivity (Wildman–Crippen MR) is 132 cm³/mol. The van der Waals surface area contributed by atoms with Crippen molar-refractivity contribution in [1.82, 2.24) is 10.2 Å². The fourth-order valence-corrected chi connectivity index (χ4v) is 4.61. The molecule has 0 saturated carbocycles. The van der Waals surface area contributed by atoms with Gasteiger partial charge in [-0.3, -0.25) is 14.9 Å². The maximum absolute atomic E-state index is 13.4. The zero-order chi connectivity index (χ0) is 25.4. The zero-order valence-corrected chi connectivity index (χ0v) is 20.9. The number of carboxylic acids is 1. The van der Waals surface area contributed by atoms with E-state index in [4.69, 9.17) is 0 Å². The number of hydrogen-bond acceptors (Lipinski definition) is 5. The molecule has 2 N–H and O–H groups in total. The van der Waals surface area contributed by atoms with Crippen molar-refractivity contribution in [2.45, 2.75) is 85.1 Å². The number of amides is 1. The highest BCUT2D eigenvalue weighted by Gasteiger charge is 2.41. The van der Waals surface area contributed by atoms with Gasteiger partial charge in [0.15, 0.2) is 0 Å². The molecule has 0 bridgehead atoms. The number of allylic oxidation sites excluding steroid dienone is 2. The quantitative estimate of drug-likeness (QED) is 0.236. The Bertz CT molecular complexity index is 980. The maximum Gasteiger partial charge on any atom is 0.334 e. The Balaban J connectivity index is 2.59. The lowest BCUT2D eigenvalue weighted by Gasteiger charge is -2.38. The minimum Gasteiger partial charge on any atom is -0.478 e. The van der Waals surface area contributed by atoms with Crippen LogP contribution in [0.4, 0.5) is 5.69 Å². The molecule has 1 amide bonds. The molecule has 1 heterocycles. The summed E-state index contributed by atoms with van der Waals surface area (Å²) in [6.45, 7) is 9.93. The van der Waals surface area contributed by atoms with Crippen LogP contribution in [0.3, 0.4) is 0 Å². The van der Waals surface area contributed by atoms with E-state index >= 15 is 0 Å². The molecule has 186 valence electrons. The van der Waals surface area contributed by atoms with Crippen molar-refractivity contribution >= 4 is 17.6 Å². The third kappa shape index (κ3) is 6.24. The molecular weight excluding hydrogens is 434 g/mol. The molecule has 1 aliphatic rings. The number of nitrogens with one attached hydrogen (secondary N) is 1. The van der Waals surface area contributed by atoms with Crippen molar-refractivity contribution in [1.29, 1.82) is 0 Å². The molecule has 8 heteroatoms. The van der Waals surface area contributed by atoms with Crippen LogP contribution < -0.4 is 5.32 Å². The summed E-state index contributed by atoms with van der Waals surface area (Å²) in [5, 5.41) is 24.9. The number of unbranched alkanes of at least 4 members (excludes halogenated alkanes) is 5. The van der Waals surface area contributed by atoms with Crippen LogP contribution in [0.2, 0.25) is 0 Å². The van der Waals surface area contributed by atoms with Crippen LogP contribution in [0.15, 0.2) is 46.8 Å². The first-order chi connectivity index (χ1) is 16.1. The molecule has 0 fully saturated rings. The SMILES string of the molecule is CCCCCCCCN1C(C)=C(C(=O)O)C(c2ccccc2[N+](=O)[O-])C(C(=O)NC(C)C)=C1C. The minimum absolute atomic E-state index is 0.000195. The number of nitro groups is 1. The molecule has 2 rings (SSSR count). The Morgan fingerprint density at radius 3 is 2.24 bits per heavy atom. The van der Waals surface area contributed by atoms with E-state index in [1.807, 2.05) is 18.7 Å². The van der Waals surface area contributed by atoms with E-state index in [0.29, 0.717) is 17.9 Å².